The highest BCUT2D eigenvalue weighted by atomic mass is 32.1. The van der Waals surface area contributed by atoms with E-state index in [1.165, 1.54) is 20.8 Å². The maximum Gasteiger partial charge on any atom is 0.419 e. The molecule has 2 atom stereocenters. The molecule has 11 heteroatoms. The number of aromatic nitrogens is 1. The van der Waals surface area contributed by atoms with E-state index < -0.39 is 35.5 Å². The number of amides is 2. The quantitative estimate of drug-likeness (QED) is 0.540. The highest BCUT2D eigenvalue weighted by Crippen LogP contribution is 2.31. The summed E-state index contributed by atoms with van der Waals surface area (Å²) < 4.78 is 17.8. The molecule has 0 aliphatic carbocycles. The van der Waals surface area contributed by atoms with Crippen molar-refractivity contribution in [2.75, 3.05) is 19.7 Å². The van der Waals surface area contributed by atoms with Gasteiger partial charge in [-0.3, -0.25) is 9.36 Å². The molecule has 0 saturated carbocycles. The Balaban J connectivity index is 1.40. The van der Waals surface area contributed by atoms with E-state index in [1.54, 1.807) is 33.9 Å². The minimum atomic E-state index is -0.891. The first-order chi connectivity index (χ1) is 17.5. The molecule has 1 fully saturated rings. The van der Waals surface area contributed by atoms with E-state index in [0.29, 0.717) is 37.1 Å². The maximum atomic E-state index is 12.9. The largest absolute Gasteiger partial charge is 0.444 e. The highest BCUT2D eigenvalue weighted by Gasteiger charge is 2.31. The number of carbonyl (C=O) groups is 2. The maximum absolute atomic E-state index is 12.9. The number of nitrogens with zero attached hydrogens (tertiary/aromatic N) is 3. The van der Waals surface area contributed by atoms with E-state index in [4.69, 9.17) is 13.9 Å². The number of thiophene rings is 1. The second kappa shape index (κ2) is 10.8. The van der Waals surface area contributed by atoms with Crippen molar-refractivity contribution in [3.63, 3.8) is 0 Å². The summed E-state index contributed by atoms with van der Waals surface area (Å²) in [7, 11) is 1.66. The van der Waals surface area contributed by atoms with Gasteiger partial charge in [0.15, 0.2) is 11.7 Å². The zero-order valence-corrected chi connectivity index (χ0v) is 22.1. The van der Waals surface area contributed by atoms with Crippen molar-refractivity contribution in [2.45, 2.75) is 51.4 Å². The first-order valence-corrected chi connectivity index (χ1v) is 12.8. The van der Waals surface area contributed by atoms with Crippen LogP contribution >= 0.6 is 11.3 Å². The van der Waals surface area contributed by atoms with Crippen LogP contribution in [0.1, 0.15) is 32.1 Å². The summed E-state index contributed by atoms with van der Waals surface area (Å²) in [5.41, 5.74) is 1.50. The molecular formula is C26H30N4O6S. The lowest BCUT2D eigenvalue weighted by molar-refractivity contribution is -0.133. The number of aryl methyl sites for hydroxylation is 1. The Morgan fingerprint density at radius 1 is 1.30 bits per heavy atom. The van der Waals surface area contributed by atoms with Crippen molar-refractivity contribution in [3.8, 4) is 16.5 Å². The summed E-state index contributed by atoms with van der Waals surface area (Å²) in [5, 5.41) is 12.5. The molecule has 37 heavy (non-hydrogen) atoms. The van der Waals surface area contributed by atoms with Crippen LogP contribution in [0.25, 0.3) is 21.5 Å². The van der Waals surface area contributed by atoms with E-state index in [9.17, 15) is 19.6 Å². The molecule has 2 amide bonds. The van der Waals surface area contributed by atoms with Crippen molar-refractivity contribution < 1.29 is 23.5 Å². The highest BCUT2D eigenvalue weighted by molar-refractivity contribution is 7.15. The second-order valence-corrected chi connectivity index (χ2v) is 11.1. The van der Waals surface area contributed by atoms with Gasteiger partial charge in [0.05, 0.1) is 18.1 Å². The van der Waals surface area contributed by atoms with Crippen molar-refractivity contribution in [2.24, 2.45) is 7.05 Å². The van der Waals surface area contributed by atoms with E-state index in [-0.39, 0.29) is 6.54 Å². The summed E-state index contributed by atoms with van der Waals surface area (Å²) in [6, 6.07) is 10.8. The Hall–Kier alpha value is -3.62. The van der Waals surface area contributed by atoms with E-state index in [2.05, 4.69) is 11.4 Å². The van der Waals surface area contributed by atoms with Crippen LogP contribution in [0.5, 0.6) is 0 Å². The number of nitrogens with one attached hydrogen (secondary N) is 1. The molecule has 2 aromatic heterocycles. The Morgan fingerprint density at radius 2 is 2.08 bits per heavy atom. The van der Waals surface area contributed by atoms with Gasteiger partial charge in [0.1, 0.15) is 11.6 Å². The van der Waals surface area contributed by atoms with Gasteiger partial charge in [-0.05, 0) is 63.1 Å². The van der Waals surface area contributed by atoms with Gasteiger partial charge < -0.3 is 24.1 Å². The monoisotopic (exact) mass is 526 g/mol. The van der Waals surface area contributed by atoms with Crippen LogP contribution in [0.3, 0.4) is 0 Å². The summed E-state index contributed by atoms with van der Waals surface area (Å²) >= 11 is 1.51. The van der Waals surface area contributed by atoms with Crippen molar-refractivity contribution in [1.82, 2.24) is 14.8 Å². The predicted molar refractivity (Wildman–Crippen MR) is 138 cm³/mol. The number of hydrogen-bond acceptors (Lipinski definition) is 8. The zero-order valence-electron chi connectivity index (χ0n) is 21.3. The van der Waals surface area contributed by atoms with E-state index in [0.717, 1.165) is 15.3 Å². The molecule has 196 valence electrons. The number of benzene rings is 1. The minimum Gasteiger partial charge on any atom is -0.444 e. The Labute approximate surface area is 218 Å². The number of rotatable bonds is 5. The average Bonchev–Trinajstić information content (AvgIpc) is 3.30. The second-order valence-electron chi connectivity index (χ2n) is 9.91. The van der Waals surface area contributed by atoms with Crippen molar-refractivity contribution in [3.05, 3.63) is 45.8 Å². The van der Waals surface area contributed by atoms with Crippen LogP contribution in [0.4, 0.5) is 4.79 Å². The first-order valence-electron chi connectivity index (χ1n) is 12.0. The van der Waals surface area contributed by atoms with Crippen molar-refractivity contribution in [1.29, 1.82) is 5.26 Å². The van der Waals surface area contributed by atoms with E-state index in [1.807, 2.05) is 24.3 Å². The lowest BCUT2D eigenvalue weighted by Crippen LogP contribution is -2.48. The van der Waals surface area contributed by atoms with Crippen LogP contribution < -0.4 is 11.1 Å². The number of ether oxygens (including phenoxy) is 2. The molecule has 1 aliphatic rings. The topological polar surface area (TPSA) is 127 Å². The number of hydrogen-bond donors (Lipinski definition) is 1. The number of oxazole rings is 1. The third-order valence-electron chi connectivity index (χ3n) is 5.84. The van der Waals surface area contributed by atoms with Gasteiger partial charge in [0, 0.05) is 36.4 Å². The summed E-state index contributed by atoms with van der Waals surface area (Å²) in [4.78, 5) is 40.6. The summed E-state index contributed by atoms with van der Waals surface area (Å²) in [6.45, 7) is 6.17. The third-order valence-corrected chi connectivity index (χ3v) is 6.99. The molecule has 4 rings (SSSR count). The SMILES string of the molecule is Cn1c(=O)oc2ccc(-c3ccc(C[C@@H](C#N)NC(=O)C4CN(C(=O)OC(C)(C)C)CCCO4)s3)cc21. The lowest BCUT2D eigenvalue weighted by Gasteiger charge is -2.27. The zero-order chi connectivity index (χ0) is 26.7. The molecule has 10 nitrogen and oxygen atoms in total. The Morgan fingerprint density at radius 3 is 2.81 bits per heavy atom. The molecular weight excluding hydrogens is 496 g/mol. The normalized spacial score (nSPS) is 17.2. The van der Waals surface area contributed by atoms with Crippen LogP contribution in [0.15, 0.2) is 39.5 Å². The van der Waals surface area contributed by atoms with E-state index >= 15 is 0 Å². The van der Waals surface area contributed by atoms with Crippen LogP contribution in [-0.4, -0.2) is 58.9 Å². The van der Waals surface area contributed by atoms with Crippen LogP contribution in [-0.2, 0) is 27.7 Å². The molecule has 0 radical (unpaired) electrons. The molecule has 0 spiro atoms. The van der Waals surface area contributed by atoms with Gasteiger partial charge in [-0.25, -0.2) is 9.59 Å². The standard InChI is InChI=1S/C26H30N4O6S/c1-26(2,3)36-25(33)30-10-5-11-34-21(15-30)23(31)28-17(14-27)13-18-7-9-22(37-18)16-6-8-20-19(12-16)29(4)24(32)35-20/h6-9,12,17,21H,5,10-11,13,15H2,1-4H3,(H,28,31)/t17-,21?/m0/s1. The molecule has 3 heterocycles. The lowest BCUT2D eigenvalue weighted by atomic mass is 10.1. The smallest absolute Gasteiger partial charge is 0.419 e. The molecule has 3 aromatic rings. The van der Waals surface area contributed by atoms with Crippen LogP contribution in [0.2, 0.25) is 0 Å². The molecule has 1 aromatic carbocycles. The summed E-state index contributed by atoms with van der Waals surface area (Å²) in [5.74, 6) is -0.858. The first kappa shape index (κ1) is 26.4. The Bertz CT molecular complexity index is 1390. The fraction of sp³-hybridized carbons (Fsp3) is 0.462. The average molecular weight is 527 g/mol. The fourth-order valence-electron chi connectivity index (χ4n) is 3.99. The molecule has 1 unspecified atom stereocenters. The molecule has 0 bridgehead atoms. The molecule has 1 saturated heterocycles. The fourth-order valence-corrected chi connectivity index (χ4v) is 5.04. The number of carbonyl (C=O) groups excluding carboxylic acids is 2. The molecule has 1 aliphatic heterocycles. The number of fused-ring (bicyclic) bond motifs is 1. The van der Waals surface area contributed by atoms with Gasteiger partial charge in [-0.2, -0.15) is 5.26 Å². The summed E-state index contributed by atoms with van der Waals surface area (Å²) in [6.07, 6.45) is -0.478. The van der Waals surface area contributed by atoms with Gasteiger partial charge in [0.2, 0.25) is 0 Å². The Kier molecular flexibility index (Phi) is 7.71. The third kappa shape index (κ3) is 6.39. The van der Waals surface area contributed by atoms with Gasteiger partial charge >= 0.3 is 11.8 Å². The van der Waals surface area contributed by atoms with Crippen molar-refractivity contribution >= 4 is 34.4 Å². The van der Waals surface area contributed by atoms with Gasteiger partial charge in [-0.15, -0.1) is 11.3 Å². The number of nitriles is 1. The molecule has 1 N–H and O–H groups in total. The minimum absolute atomic E-state index is 0.0566. The van der Waals surface area contributed by atoms with Gasteiger partial charge in [0.25, 0.3) is 5.91 Å². The van der Waals surface area contributed by atoms with Gasteiger partial charge in [-0.1, -0.05) is 0 Å². The predicted octanol–water partition coefficient (Wildman–Crippen LogP) is 3.44. The van der Waals surface area contributed by atoms with Crippen LogP contribution in [0, 0.1) is 11.3 Å².